The van der Waals surface area contributed by atoms with Gasteiger partial charge in [-0.3, -0.25) is 11.3 Å². The second-order valence-electron chi connectivity index (χ2n) is 3.64. The molecular formula is C12H12Br2N2S. The average molecular weight is 376 g/mol. The molecule has 1 atom stereocenters. The molecule has 1 aromatic heterocycles. The second kappa shape index (κ2) is 6.11. The molecule has 2 aromatic rings. The van der Waals surface area contributed by atoms with Crippen molar-refractivity contribution in [2.75, 3.05) is 0 Å². The van der Waals surface area contributed by atoms with E-state index in [-0.39, 0.29) is 6.04 Å². The van der Waals surface area contributed by atoms with Crippen LogP contribution in [0.5, 0.6) is 0 Å². The lowest BCUT2D eigenvalue weighted by Crippen LogP contribution is -2.29. The number of nitrogens with one attached hydrogen (secondary N) is 1. The minimum absolute atomic E-state index is 0.112. The molecule has 1 unspecified atom stereocenters. The van der Waals surface area contributed by atoms with Gasteiger partial charge < -0.3 is 0 Å². The van der Waals surface area contributed by atoms with Crippen LogP contribution in [0.3, 0.4) is 0 Å². The van der Waals surface area contributed by atoms with Crippen molar-refractivity contribution in [3.63, 3.8) is 0 Å². The molecule has 2 nitrogen and oxygen atoms in total. The summed E-state index contributed by atoms with van der Waals surface area (Å²) in [4.78, 5) is 1.30. The first-order valence-electron chi connectivity index (χ1n) is 5.14. The molecule has 1 heterocycles. The van der Waals surface area contributed by atoms with E-state index in [1.807, 2.05) is 18.2 Å². The lowest BCUT2D eigenvalue weighted by Gasteiger charge is -2.17. The van der Waals surface area contributed by atoms with E-state index in [9.17, 15) is 0 Å². The molecule has 0 spiro atoms. The Labute approximate surface area is 121 Å². The average Bonchev–Trinajstić information content (AvgIpc) is 2.73. The zero-order valence-corrected chi connectivity index (χ0v) is 13.0. The monoisotopic (exact) mass is 374 g/mol. The molecule has 0 bridgehead atoms. The summed E-state index contributed by atoms with van der Waals surface area (Å²) in [5, 5.41) is 2.08. The SMILES string of the molecule is NNC(Cc1sccc1Br)c1ccccc1Br. The summed E-state index contributed by atoms with van der Waals surface area (Å²) in [6, 6.07) is 10.3. The highest BCUT2D eigenvalue weighted by Crippen LogP contribution is 2.30. The van der Waals surface area contributed by atoms with Crippen molar-refractivity contribution >= 4 is 43.2 Å². The summed E-state index contributed by atoms with van der Waals surface area (Å²) in [6.45, 7) is 0. The molecule has 5 heteroatoms. The van der Waals surface area contributed by atoms with Crippen LogP contribution in [0, 0.1) is 0 Å². The number of hydrazine groups is 1. The lowest BCUT2D eigenvalue weighted by molar-refractivity contribution is 0.553. The van der Waals surface area contributed by atoms with Crippen LogP contribution in [-0.4, -0.2) is 0 Å². The topological polar surface area (TPSA) is 38.0 Å². The summed E-state index contributed by atoms with van der Waals surface area (Å²) >= 11 is 8.84. The maximum absolute atomic E-state index is 5.66. The van der Waals surface area contributed by atoms with Gasteiger partial charge in [0.15, 0.2) is 0 Å². The first-order chi connectivity index (χ1) is 8.22. The fraction of sp³-hybridized carbons (Fsp3) is 0.167. The number of benzene rings is 1. The minimum Gasteiger partial charge on any atom is -0.271 e. The first-order valence-corrected chi connectivity index (χ1v) is 7.61. The highest BCUT2D eigenvalue weighted by Gasteiger charge is 2.15. The van der Waals surface area contributed by atoms with Gasteiger partial charge in [0.25, 0.3) is 0 Å². The third-order valence-corrected chi connectivity index (χ3v) is 5.23. The molecule has 0 saturated carbocycles. The quantitative estimate of drug-likeness (QED) is 0.625. The smallest absolute Gasteiger partial charge is 0.0519 e. The standard InChI is InChI=1S/C12H12Br2N2S/c13-9-4-2-1-3-8(9)11(16-15)7-12-10(14)5-6-17-12/h1-6,11,16H,7,15H2. The fourth-order valence-electron chi connectivity index (χ4n) is 1.67. The third kappa shape index (κ3) is 3.17. The van der Waals surface area contributed by atoms with Crippen molar-refractivity contribution < 1.29 is 0 Å². The Hall–Kier alpha value is -0.200. The van der Waals surface area contributed by atoms with Crippen molar-refractivity contribution in [2.24, 2.45) is 5.84 Å². The van der Waals surface area contributed by atoms with Gasteiger partial charge in [-0.2, -0.15) is 0 Å². The van der Waals surface area contributed by atoms with Gasteiger partial charge in [-0.05, 0) is 39.0 Å². The van der Waals surface area contributed by atoms with E-state index in [1.54, 1.807) is 11.3 Å². The van der Waals surface area contributed by atoms with Gasteiger partial charge in [0.05, 0.1) is 6.04 Å². The maximum Gasteiger partial charge on any atom is 0.0519 e. The van der Waals surface area contributed by atoms with Crippen LogP contribution in [0.4, 0.5) is 0 Å². The lowest BCUT2D eigenvalue weighted by atomic mass is 10.0. The van der Waals surface area contributed by atoms with E-state index in [4.69, 9.17) is 5.84 Å². The molecule has 17 heavy (non-hydrogen) atoms. The molecule has 0 fully saturated rings. The highest BCUT2D eigenvalue weighted by molar-refractivity contribution is 9.10. The van der Waals surface area contributed by atoms with Gasteiger partial charge >= 0.3 is 0 Å². The van der Waals surface area contributed by atoms with Crippen LogP contribution in [0.2, 0.25) is 0 Å². The highest BCUT2D eigenvalue weighted by atomic mass is 79.9. The molecule has 0 aliphatic rings. The van der Waals surface area contributed by atoms with Gasteiger partial charge in [0, 0.05) is 20.2 Å². The number of hydrogen-bond acceptors (Lipinski definition) is 3. The number of halogens is 2. The zero-order chi connectivity index (χ0) is 12.3. The Morgan fingerprint density at radius 1 is 1.18 bits per heavy atom. The van der Waals surface area contributed by atoms with Crippen molar-refractivity contribution in [2.45, 2.75) is 12.5 Å². The zero-order valence-electron chi connectivity index (χ0n) is 8.99. The largest absolute Gasteiger partial charge is 0.271 e. The Kier molecular flexibility index (Phi) is 4.76. The van der Waals surface area contributed by atoms with E-state index in [1.165, 1.54) is 10.4 Å². The Balaban J connectivity index is 2.23. The first kappa shape index (κ1) is 13.2. The van der Waals surface area contributed by atoms with Crippen molar-refractivity contribution in [1.29, 1.82) is 0 Å². The summed E-state index contributed by atoms with van der Waals surface area (Å²) in [6.07, 6.45) is 0.872. The third-order valence-electron chi connectivity index (χ3n) is 2.56. The molecular weight excluding hydrogens is 364 g/mol. The summed E-state index contributed by atoms with van der Waals surface area (Å²) in [5.74, 6) is 5.66. The predicted molar refractivity (Wildman–Crippen MR) is 79.9 cm³/mol. The van der Waals surface area contributed by atoms with Crippen molar-refractivity contribution in [1.82, 2.24) is 5.43 Å². The van der Waals surface area contributed by atoms with E-state index in [2.05, 4.69) is 54.8 Å². The summed E-state index contributed by atoms with van der Waals surface area (Å²) < 4.78 is 2.23. The summed E-state index contributed by atoms with van der Waals surface area (Å²) in [7, 11) is 0. The van der Waals surface area contributed by atoms with Crippen LogP contribution in [-0.2, 0) is 6.42 Å². The molecule has 1 aromatic carbocycles. The van der Waals surface area contributed by atoms with Gasteiger partial charge in [0.1, 0.15) is 0 Å². The van der Waals surface area contributed by atoms with Gasteiger partial charge in [0.2, 0.25) is 0 Å². The number of thiophene rings is 1. The Morgan fingerprint density at radius 2 is 1.94 bits per heavy atom. The van der Waals surface area contributed by atoms with Crippen LogP contribution in [0.15, 0.2) is 44.7 Å². The normalized spacial score (nSPS) is 12.6. The second-order valence-corrected chi connectivity index (χ2v) is 6.35. The van der Waals surface area contributed by atoms with Crippen LogP contribution in [0.1, 0.15) is 16.5 Å². The van der Waals surface area contributed by atoms with E-state index in [0.29, 0.717) is 0 Å². The Morgan fingerprint density at radius 3 is 2.53 bits per heavy atom. The molecule has 0 amide bonds. The minimum atomic E-state index is 0.112. The van der Waals surface area contributed by atoms with Gasteiger partial charge in [-0.1, -0.05) is 34.1 Å². The van der Waals surface area contributed by atoms with E-state index >= 15 is 0 Å². The molecule has 0 aliphatic heterocycles. The summed E-state index contributed by atoms with van der Waals surface area (Å²) in [5.41, 5.74) is 4.06. The molecule has 0 saturated heterocycles. The van der Waals surface area contributed by atoms with Crippen LogP contribution >= 0.6 is 43.2 Å². The Bertz CT molecular complexity index is 499. The van der Waals surface area contributed by atoms with Crippen LogP contribution in [0.25, 0.3) is 0 Å². The predicted octanol–water partition coefficient (Wildman–Crippen LogP) is 4.02. The molecule has 0 aliphatic carbocycles. The van der Waals surface area contributed by atoms with Gasteiger partial charge in [-0.15, -0.1) is 11.3 Å². The fourth-order valence-corrected chi connectivity index (χ4v) is 3.79. The van der Waals surface area contributed by atoms with Gasteiger partial charge in [-0.25, -0.2) is 0 Å². The number of rotatable bonds is 4. The van der Waals surface area contributed by atoms with Crippen molar-refractivity contribution in [3.05, 3.63) is 55.1 Å². The molecule has 2 rings (SSSR count). The number of nitrogens with two attached hydrogens (primary N) is 1. The molecule has 0 radical (unpaired) electrons. The van der Waals surface area contributed by atoms with E-state index < -0.39 is 0 Å². The molecule has 3 N–H and O–H groups in total. The van der Waals surface area contributed by atoms with Crippen molar-refractivity contribution in [3.8, 4) is 0 Å². The maximum atomic E-state index is 5.66. The molecule has 90 valence electrons. The van der Waals surface area contributed by atoms with E-state index in [0.717, 1.165) is 15.4 Å². The van der Waals surface area contributed by atoms with Crippen LogP contribution < -0.4 is 11.3 Å². The number of hydrogen-bond donors (Lipinski definition) is 2.